The minimum absolute atomic E-state index is 0. The lowest BCUT2D eigenvalue weighted by Crippen LogP contribution is -2.58. The largest absolute Gasteiger partial charge is 0.284 e. The molecule has 7 rings (SSSR count). The maximum atomic E-state index is 3.00. The van der Waals surface area contributed by atoms with Crippen LogP contribution in [0.1, 0.15) is 120 Å². The smallest absolute Gasteiger partial charge is 0.0533 e. The normalized spacial score (nSPS) is 57.2. The third-order valence-corrected chi connectivity index (χ3v) is 12.8. The molecular weight excluding hydrogens is 374 g/mol. The van der Waals surface area contributed by atoms with Gasteiger partial charge in [0, 0.05) is 12.1 Å². The monoisotopic (exact) mass is 427 g/mol. The summed E-state index contributed by atoms with van der Waals surface area (Å²) in [5, 5.41) is 0. The van der Waals surface area contributed by atoms with Crippen molar-refractivity contribution in [2.24, 2.45) is 39.4 Å². The summed E-state index contributed by atoms with van der Waals surface area (Å²) < 4.78 is 0. The molecule has 2 heterocycles. The molecule has 0 aromatic rings. The molecular formula is C30H53N. The van der Waals surface area contributed by atoms with Crippen LogP contribution < -0.4 is 0 Å². The van der Waals surface area contributed by atoms with Crippen LogP contribution >= 0.6 is 0 Å². The predicted molar refractivity (Wildman–Crippen MR) is 135 cm³/mol. The predicted octanol–water partition coefficient (Wildman–Crippen LogP) is 8.49. The lowest BCUT2D eigenvalue weighted by Gasteiger charge is -2.61. The molecule has 0 aromatic carbocycles. The summed E-state index contributed by atoms with van der Waals surface area (Å²) in [6, 6.07) is 0. The van der Waals surface area contributed by atoms with Crippen LogP contribution in [0.2, 0.25) is 0 Å². The molecule has 7 aliphatic rings. The van der Waals surface area contributed by atoms with Crippen molar-refractivity contribution in [3.05, 3.63) is 13.2 Å². The molecule has 0 aromatic heterocycles. The summed E-state index contributed by atoms with van der Waals surface area (Å²) in [6.07, 6.45) is 17.1. The van der Waals surface area contributed by atoms with E-state index in [1.807, 2.05) is 13.8 Å². The first-order valence-corrected chi connectivity index (χ1v) is 13.6. The minimum atomic E-state index is 0. The standard InChI is InChI=1S/C25H39N.C2H6.C2H4.CH4/c1-5-6-17-9-10-22-15-23(22)12-14-25-21(4,11-13-24(25)16-26(24)25)19(23)8-7-18(22)20(17,2)3;2*1-2;/h17-19H,5-16H2,1-4H3;1-2H3;1-2H2;1H4. The molecule has 1 heteroatoms. The Kier molecular flexibility index (Phi) is 5.28. The molecule has 0 N–H and O–H groups in total. The van der Waals surface area contributed by atoms with E-state index >= 15 is 0 Å². The zero-order valence-corrected chi connectivity index (χ0v) is 21.1. The summed E-state index contributed by atoms with van der Waals surface area (Å²) in [4.78, 5) is 2.96. The Hall–Kier alpha value is -0.300. The molecule has 7 fully saturated rings. The lowest BCUT2D eigenvalue weighted by atomic mass is 9.43. The Bertz CT molecular complexity index is 726. The maximum absolute atomic E-state index is 3.00. The van der Waals surface area contributed by atoms with Crippen molar-refractivity contribution in [3.8, 4) is 0 Å². The van der Waals surface area contributed by atoms with Gasteiger partial charge in [0.25, 0.3) is 0 Å². The molecule has 2 saturated heterocycles. The van der Waals surface area contributed by atoms with Gasteiger partial charge in [0.1, 0.15) is 0 Å². The van der Waals surface area contributed by atoms with Crippen LogP contribution in [0, 0.1) is 39.4 Å². The fourth-order valence-corrected chi connectivity index (χ4v) is 11.8. The first-order valence-electron chi connectivity index (χ1n) is 13.6. The zero-order valence-electron chi connectivity index (χ0n) is 21.1. The highest BCUT2D eigenvalue weighted by Crippen LogP contribution is 2.93. The van der Waals surface area contributed by atoms with Gasteiger partial charge >= 0.3 is 0 Å². The summed E-state index contributed by atoms with van der Waals surface area (Å²) in [5.41, 5.74) is 4.30. The number of rotatable bonds is 2. The molecule has 0 bridgehead atoms. The number of hydrogen-bond donors (Lipinski definition) is 0. The highest BCUT2D eigenvalue weighted by atomic mass is 15.6. The van der Waals surface area contributed by atoms with Crippen LogP contribution in [-0.4, -0.2) is 22.5 Å². The van der Waals surface area contributed by atoms with E-state index in [1.54, 1.807) is 57.8 Å². The van der Waals surface area contributed by atoms with Gasteiger partial charge in [-0.1, -0.05) is 61.8 Å². The number of fused-ring (bicyclic) bond motifs is 1. The second-order valence-corrected chi connectivity index (χ2v) is 12.9. The molecule has 5 saturated carbocycles. The Morgan fingerprint density at radius 3 is 2.10 bits per heavy atom. The third kappa shape index (κ3) is 2.20. The Morgan fingerprint density at radius 2 is 1.48 bits per heavy atom. The van der Waals surface area contributed by atoms with Gasteiger partial charge in [-0.2, -0.15) is 0 Å². The van der Waals surface area contributed by atoms with Crippen molar-refractivity contribution in [3.63, 3.8) is 0 Å². The molecule has 31 heavy (non-hydrogen) atoms. The minimum Gasteiger partial charge on any atom is -0.284 e. The summed E-state index contributed by atoms with van der Waals surface area (Å²) in [6.45, 7) is 22.0. The van der Waals surface area contributed by atoms with E-state index < -0.39 is 0 Å². The van der Waals surface area contributed by atoms with E-state index in [1.165, 1.54) is 19.4 Å². The topological polar surface area (TPSA) is 3.01 Å². The van der Waals surface area contributed by atoms with Crippen molar-refractivity contribution in [1.82, 2.24) is 4.90 Å². The zero-order chi connectivity index (χ0) is 21.8. The Balaban J connectivity index is 0.000000440. The van der Waals surface area contributed by atoms with Gasteiger partial charge in [-0.05, 0) is 97.2 Å². The number of hydrogen-bond acceptors (Lipinski definition) is 1. The van der Waals surface area contributed by atoms with Gasteiger partial charge in [-0.25, -0.2) is 0 Å². The van der Waals surface area contributed by atoms with E-state index in [4.69, 9.17) is 0 Å². The Morgan fingerprint density at radius 1 is 0.839 bits per heavy atom. The van der Waals surface area contributed by atoms with Gasteiger partial charge in [-0.3, -0.25) is 4.90 Å². The highest BCUT2D eigenvalue weighted by Gasteiger charge is 2.97. The van der Waals surface area contributed by atoms with Gasteiger partial charge in [-0.15, -0.1) is 13.2 Å². The quantitative estimate of drug-likeness (QED) is 0.315. The van der Waals surface area contributed by atoms with Crippen molar-refractivity contribution >= 4 is 0 Å². The molecule has 9 unspecified atom stereocenters. The van der Waals surface area contributed by atoms with Crippen molar-refractivity contribution in [2.45, 2.75) is 131 Å². The molecule has 0 amide bonds. The van der Waals surface area contributed by atoms with Crippen LogP contribution in [0.15, 0.2) is 13.2 Å². The van der Waals surface area contributed by atoms with E-state index in [0.717, 1.165) is 34.1 Å². The Labute approximate surface area is 194 Å². The first-order chi connectivity index (χ1) is 14.3. The van der Waals surface area contributed by atoms with Crippen molar-refractivity contribution < 1.29 is 0 Å². The molecule has 0 radical (unpaired) electrons. The molecule has 5 aliphatic carbocycles. The van der Waals surface area contributed by atoms with Crippen molar-refractivity contribution in [1.29, 1.82) is 0 Å². The van der Waals surface area contributed by atoms with Crippen LogP contribution in [0.4, 0.5) is 0 Å². The molecule has 178 valence electrons. The van der Waals surface area contributed by atoms with Crippen molar-refractivity contribution in [2.75, 3.05) is 6.54 Å². The summed E-state index contributed by atoms with van der Waals surface area (Å²) >= 11 is 0. The molecule has 2 aliphatic heterocycles. The van der Waals surface area contributed by atoms with Crippen LogP contribution in [0.3, 0.4) is 0 Å². The van der Waals surface area contributed by atoms with Crippen LogP contribution in [0.25, 0.3) is 0 Å². The number of nitrogens with zero attached hydrogens (tertiary/aromatic N) is 1. The van der Waals surface area contributed by atoms with E-state index in [2.05, 4.69) is 45.8 Å². The molecule has 4 spiro atoms. The molecule has 1 nitrogen and oxygen atoms in total. The second kappa shape index (κ2) is 6.86. The second-order valence-electron chi connectivity index (χ2n) is 12.9. The van der Waals surface area contributed by atoms with Gasteiger partial charge in [0.15, 0.2) is 0 Å². The lowest BCUT2D eigenvalue weighted by molar-refractivity contribution is -0.122. The van der Waals surface area contributed by atoms with Gasteiger partial charge < -0.3 is 0 Å². The molecule has 9 atom stereocenters. The summed E-state index contributed by atoms with van der Waals surface area (Å²) in [7, 11) is 0. The number of piperidine rings is 1. The van der Waals surface area contributed by atoms with Gasteiger partial charge in [0.05, 0.1) is 5.54 Å². The average molecular weight is 428 g/mol. The highest BCUT2D eigenvalue weighted by molar-refractivity contribution is 5.52. The fraction of sp³-hybridized carbons (Fsp3) is 0.933. The van der Waals surface area contributed by atoms with Crippen LogP contribution in [0.5, 0.6) is 0 Å². The van der Waals surface area contributed by atoms with E-state index in [9.17, 15) is 0 Å². The first kappa shape index (κ1) is 23.8. The third-order valence-electron chi connectivity index (χ3n) is 12.8. The van der Waals surface area contributed by atoms with E-state index in [-0.39, 0.29) is 7.43 Å². The van der Waals surface area contributed by atoms with E-state index in [0.29, 0.717) is 16.4 Å². The SMILES string of the molecule is C.C=C.CC.CCCC1CCC23CC24CCC25N6CC62CCC5(C)C4CCC3C1(C)C. The average Bonchev–Trinajstić information content (AvgIpc) is 3.66. The maximum Gasteiger partial charge on any atom is 0.0533 e. The van der Waals surface area contributed by atoms with Gasteiger partial charge in [0.2, 0.25) is 0 Å². The van der Waals surface area contributed by atoms with Crippen LogP contribution in [-0.2, 0) is 0 Å². The summed E-state index contributed by atoms with van der Waals surface area (Å²) in [5.74, 6) is 3.11. The fourth-order valence-electron chi connectivity index (χ4n) is 11.8.